The van der Waals surface area contributed by atoms with Crippen LogP contribution in [0.4, 0.5) is 14.6 Å². The van der Waals surface area contributed by atoms with Crippen molar-refractivity contribution in [2.45, 2.75) is 91.1 Å². The second-order valence-corrected chi connectivity index (χ2v) is 23.5. The first kappa shape index (κ1) is 57.8. The van der Waals surface area contributed by atoms with Crippen LogP contribution in [0.2, 0.25) is 5.02 Å². The van der Waals surface area contributed by atoms with E-state index in [1.54, 1.807) is 23.5 Å². The number of phenolic OH excluding ortho intramolecular Hbond substituents is 1. The Labute approximate surface area is 472 Å². The van der Waals surface area contributed by atoms with Crippen molar-refractivity contribution in [3.63, 3.8) is 0 Å². The van der Waals surface area contributed by atoms with Gasteiger partial charge in [-0.1, -0.05) is 87.5 Å². The number of β-amino-alcohol motifs (C(OH)–C–C–N with tert-alkyl or cyclic N) is 1. The molecule has 21 heteroatoms. The third-order valence-electron chi connectivity index (χ3n) is 15.2. The lowest BCUT2D eigenvalue weighted by atomic mass is 9.85. The number of piperazine rings is 1. The molecule has 3 aliphatic rings. The molecule has 3 fully saturated rings. The van der Waals surface area contributed by atoms with Crippen LogP contribution in [0.25, 0.3) is 43.2 Å². The number of hydrogen-bond acceptors (Lipinski definition) is 14. The monoisotopic (exact) mass is 1140 g/mol. The fraction of sp³-hybridized carbons (Fsp3) is 0.441. The van der Waals surface area contributed by atoms with Gasteiger partial charge in [-0.3, -0.25) is 24.1 Å². The minimum atomic E-state index is -1.05. The van der Waals surface area contributed by atoms with Gasteiger partial charge in [0.1, 0.15) is 41.9 Å². The number of phenols is 1. The molecule has 0 aliphatic carbocycles. The number of fused-ring (bicyclic) bond motifs is 2. The molecular formula is C59H68ClF2N9O8S. The number of aromatic nitrogens is 3. The van der Waals surface area contributed by atoms with Gasteiger partial charge in [-0.25, -0.2) is 13.8 Å². The maximum atomic E-state index is 17.2. The summed E-state index contributed by atoms with van der Waals surface area (Å²) in [6.45, 7) is 17.1. The van der Waals surface area contributed by atoms with Crippen LogP contribution in [0.5, 0.6) is 11.8 Å². The number of aryl methyl sites for hydroxylation is 1. The van der Waals surface area contributed by atoms with Crippen molar-refractivity contribution in [2.75, 3.05) is 70.5 Å². The standard InChI is InChI=1S/C59H68ClF2N9O8S/c1-33(79-58-66-51-45(54(67-58)69-20-22-70(23-21-69)56(76)34(2)61)27-46(60)49(50(51)62)44-25-41(72)24-40-10-8-9-11-43(40)44)28-68-18-16-37(17-19-68)30-78-31-48(74)65-53(59(5,6)7)57(77)71-29-42(73)26-47(71)55(75)64-35(3)38-12-14-39(15-13-38)52-36(4)63-32-80-52/h8-15,24-25,27,32-33,35,37,42,47,53,72-73H,2,16-23,26,28-31H2,1,3-7H3,(H,64,75)(H,65,74)/t33-,35+,42?,47?,53-/m1/s1. The normalized spacial score (nSPS) is 18.6. The average molecular weight is 1140 g/mol. The molecule has 0 radical (unpaired) electrons. The van der Waals surface area contributed by atoms with E-state index in [4.69, 9.17) is 26.1 Å². The minimum Gasteiger partial charge on any atom is -0.508 e. The van der Waals surface area contributed by atoms with Gasteiger partial charge in [-0.2, -0.15) is 9.97 Å². The Hall–Kier alpha value is -6.84. The predicted octanol–water partition coefficient (Wildman–Crippen LogP) is 8.38. The molecule has 424 valence electrons. The molecule has 0 saturated carbocycles. The number of benzene rings is 4. The zero-order valence-electron chi connectivity index (χ0n) is 45.8. The van der Waals surface area contributed by atoms with Gasteiger partial charge in [0, 0.05) is 56.6 Å². The number of rotatable bonds is 17. The molecule has 5 atom stereocenters. The molecule has 2 aromatic heterocycles. The lowest BCUT2D eigenvalue weighted by Gasteiger charge is -2.36. The number of aliphatic hydroxyl groups excluding tert-OH is 1. The molecule has 6 aromatic rings. The number of likely N-dealkylation sites (tertiary alicyclic amines) is 2. The van der Waals surface area contributed by atoms with Crippen LogP contribution in [0, 0.1) is 24.1 Å². The smallest absolute Gasteiger partial charge is 0.319 e. The van der Waals surface area contributed by atoms with E-state index in [1.165, 1.54) is 15.9 Å². The van der Waals surface area contributed by atoms with Crippen LogP contribution in [0.3, 0.4) is 0 Å². The summed E-state index contributed by atoms with van der Waals surface area (Å²) < 4.78 is 43.3. The van der Waals surface area contributed by atoms with Crippen molar-refractivity contribution in [3.8, 4) is 33.3 Å². The van der Waals surface area contributed by atoms with Gasteiger partial charge in [0.15, 0.2) is 11.6 Å². The Balaban J connectivity index is 0.793. The predicted molar refractivity (Wildman–Crippen MR) is 305 cm³/mol. The molecule has 9 rings (SSSR count). The third-order valence-corrected chi connectivity index (χ3v) is 16.5. The Kier molecular flexibility index (Phi) is 17.7. The first-order chi connectivity index (χ1) is 38.1. The van der Waals surface area contributed by atoms with Gasteiger partial charge >= 0.3 is 6.01 Å². The second-order valence-electron chi connectivity index (χ2n) is 22.2. The average Bonchev–Trinajstić information content (AvgIpc) is 4.08. The molecular weight excluding hydrogens is 1070 g/mol. The fourth-order valence-electron chi connectivity index (χ4n) is 10.9. The van der Waals surface area contributed by atoms with Gasteiger partial charge in [0.25, 0.3) is 5.91 Å². The zero-order valence-corrected chi connectivity index (χ0v) is 47.4. The second kappa shape index (κ2) is 24.5. The number of thiazole rings is 1. The summed E-state index contributed by atoms with van der Waals surface area (Å²) in [6.07, 6.45) is 0.247. The SMILES string of the molecule is C=C(F)C(=O)N1CCN(c2nc(O[C@H](C)CN3CCC(COCC(=O)N[C@H](C(=O)N4CC(O)CC4C(=O)N[C@@H](C)c4ccc(-c5scnc5C)cc4)C(C)(C)C)CC3)nc3c(F)c(-c4cc(O)cc5ccccc45)c(Cl)cc23)CC1. The van der Waals surface area contributed by atoms with E-state index >= 15 is 4.39 Å². The van der Waals surface area contributed by atoms with Crippen LogP contribution in [-0.4, -0.2) is 153 Å². The number of nitrogens with one attached hydrogen (secondary N) is 2. The van der Waals surface area contributed by atoms with E-state index in [0.717, 1.165) is 34.5 Å². The summed E-state index contributed by atoms with van der Waals surface area (Å²) in [7, 11) is 0. The molecule has 0 bridgehead atoms. The molecule has 4 aromatic carbocycles. The number of aliphatic hydroxyl groups is 1. The molecule has 2 unspecified atom stereocenters. The first-order valence-corrected chi connectivity index (χ1v) is 28.2. The number of carbonyl (C=O) groups excluding carboxylic acids is 4. The van der Waals surface area contributed by atoms with E-state index in [-0.39, 0.29) is 85.6 Å². The molecule has 5 heterocycles. The molecule has 0 spiro atoms. The number of ether oxygens (including phenoxy) is 2. The van der Waals surface area contributed by atoms with Crippen molar-refractivity contribution in [1.82, 2.24) is 40.3 Å². The minimum absolute atomic E-state index is 0.0453. The summed E-state index contributed by atoms with van der Waals surface area (Å²) in [5.74, 6) is -3.48. The highest BCUT2D eigenvalue weighted by Crippen LogP contribution is 2.43. The first-order valence-electron chi connectivity index (χ1n) is 27.0. The fourth-order valence-corrected chi connectivity index (χ4v) is 12.1. The van der Waals surface area contributed by atoms with Gasteiger partial charge in [-0.15, -0.1) is 11.3 Å². The van der Waals surface area contributed by atoms with Crippen molar-refractivity contribution in [2.24, 2.45) is 11.3 Å². The number of nitrogens with zero attached hydrogens (tertiary/aromatic N) is 7. The van der Waals surface area contributed by atoms with Crippen molar-refractivity contribution in [1.29, 1.82) is 0 Å². The quantitative estimate of drug-likeness (QED) is 0.0635. The van der Waals surface area contributed by atoms with Gasteiger partial charge in [0.2, 0.25) is 17.7 Å². The van der Waals surface area contributed by atoms with Crippen LogP contribution in [-0.2, 0) is 23.9 Å². The molecule has 17 nitrogen and oxygen atoms in total. The molecule has 80 heavy (non-hydrogen) atoms. The number of aromatic hydroxyl groups is 1. The summed E-state index contributed by atoms with van der Waals surface area (Å²) in [5.41, 5.74) is 4.30. The highest BCUT2D eigenvalue weighted by atomic mass is 35.5. The van der Waals surface area contributed by atoms with Crippen LogP contribution < -0.4 is 20.3 Å². The Morgan fingerprint density at radius 3 is 2.34 bits per heavy atom. The Morgan fingerprint density at radius 1 is 0.950 bits per heavy atom. The lowest BCUT2D eigenvalue weighted by molar-refractivity contribution is -0.144. The third kappa shape index (κ3) is 13.0. The van der Waals surface area contributed by atoms with Crippen LogP contribution in [0.15, 0.2) is 84.6 Å². The molecule has 4 amide bonds. The topological polar surface area (TPSA) is 203 Å². The molecule has 3 aliphatic heterocycles. The summed E-state index contributed by atoms with van der Waals surface area (Å²) in [5, 5.41) is 29.1. The van der Waals surface area contributed by atoms with E-state index in [1.807, 2.05) is 100 Å². The molecule has 4 N–H and O–H groups in total. The maximum Gasteiger partial charge on any atom is 0.319 e. The number of hydrogen-bond donors (Lipinski definition) is 4. The van der Waals surface area contributed by atoms with Gasteiger partial charge in [0.05, 0.1) is 39.9 Å². The number of piperidine rings is 1. The maximum absolute atomic E-state index is 17.2. The largest absolute Gasteiger partial charge is 0.508 e. The summed E-state index contributed by atoms with van der Waals surface area (Å²) in [4.78, 5) is 75.6. The highest BCUT2D eigenvalue weighted by Gasteiger charge is 2.45. The highest BCUT2D eigenvalue weighted by molar-refractivity contribution is 7.13. The van der Waals surface area contributed by atoms with Crippen molar-refractivity contribution >= 4 is 74.1 Å². The Bertz CT molecular complexity index is 3290. The number of carbonyl (C=O) groups is 4. The van der Waals surface area contributed by atoms with E-state index < -0.39 is 65.0 Å². The van der Waals surface area contributed by atoms with Gasteiger partial charge < -0.3 is 45.0 Å². The van der Waals surface area contributed by atoms with Crippen LogP contribution in [0.1, 0.15) is 71.2 Å². The summed E-state index contributed by atoms with van der Waals surface area (Å²) in [6, 6.07) is 17.4. The number of halogens is 3. The summed E-state index contributed by atoms with van der Waals surface area (Å²) >= 11 is 8.48. The van der Waals surface area contributed by atoms with Gasteiger partial charge in [-0.05, 0) is 104 Å². The van der Waals surface area contributed by atoms with E-state index in [2.05, 4.69) is 32.1 Å². The molecule has 3 saturated heterocycles. The van der Waals surface area contributed by atoms with Crippen LogP contribution >= 0.6 is 22.9 Å². The lowest BCUT2D eigenvalue weighted by Crippen LogP contribution is -2.58. The van der Waals surface area contributed by atoms with Crippen molar-refractivity contribution < 1.29 is 47.6 Å². The van der Waals surface area contributed by atoms with E-state index in [0.29, 0.717) is 53.8 Å². The van der Waals surface area contributed by atoms with Crippen molar-refractivity contribution in [3.05, 3.63) is 107 Å². The number of anilines is 1. The number of amides is 4. The Morgan fingerprint density at radius 2 is 1.66 bits per heavy atom. The zero-order chi connectivity index (χ0) is 57.2. The van der Waals surface area contributed by atoms with E-state index in [9.17, 15) is 33.8 Å².